The second-order valence-corrected chi connectivity index (χ2v) is 8.80. The number of hydrogen-bond acceptors (Lipinski definition) is 6. The first kappa shape index (κ1) is 23.3. The van der Waals surface area contributed by atoms with Crippen LogP contribution in [0.5, 0.6) is 11.6 Å². The number of carbonyl (C=O) groups is 3. The van der Waals surface area contributed by atoms with Crippen molar-refractivity contribution in [1.82, 2.24) is 14.7 Å². The van der Waals surface area contributed by atoms with Crippen LogP contribution in [-0.2, 0) is 16.6 Å². The molecule has 1 aliphatic rings. The van der Waals surface area contributed by atoms with Gasteiger partial charge in [0.15, 0.2) is 0 Å². The van der Waals surface area contributed by atoms with Crippen molar-refractivity contribution in [3.8, 4) is 22.9 Å². The zero-order valence-electron chi connectivity index (χ0n) is 18.7. The number of carboxylic acid groups (broad SMARTS) is 1. The zero-order valence-corrected chi connectivity index (χ0v) is 19.5. The highest BCUT2D eigenvalue weighted by atomic mass is 32.2. The van der Waals surface area contributed by atoms with Gasteiger partial charge in [0, 0.05) is 25.6 Å². The van der Waals surface area contributed by atoms with Crippen molar-refractivity contribution < 1.29 is 24.2 Å². The molecule has 2 aromatic carbocycles. The molecule has 0 radical (unpaired) electrons. The molecule has 0 saturated carbocycles. The maximum Gasteiger partial charge on any atom is 0.303 e. The van der Waals surface area contributed by atoms with E-state index in [2.05, 4.69) is 5.10 Å². The highest BCUT2D eigenvalue weighted by Crippen LogP contribution is 2.39. The molecular weight excluding hydrogens is 454 g/mol. The number of hydrogen-bond donors (Lipinski definition) is 1. The molecule has 0 spiro atoms. The van der Waals surface area contributed by atoms with Gasteiger partial charge >= 0.3 is 5.97 Å². The standard InChI is InChI=1S/C25H23N3O5S/c1-16-10-12-18(13-11-16)33-24-19(22(26-27(24)2)17-7-4-3-5-8-17)15-20-23(31)28(25(32)34-20)14-6-9-21(29)30/h3-5,7-8,10-13,15H,6,9,14H2,1-2H3,(H,29,30)/b20-15-. The lowest BCUT2D eigenvalue weighted by atomic mass is 10.1. The van der Waals surface area contributed by atoms with E-state index < -0.39 is 17.1 Å². The Balaban J connectivity index is 1.72. The summed E-state index contributed by atoms with van der Waals surface area (Å²) in [6, 6.07) is 17.1. The Kier molecular flexibility index (Phi) is 6.83. The number of amides is 2. The number of imide groups is 1. The number of aryl methyl sites for hydroxylation is 2. The largest absolute Gasteiger partial charge is 0.481 e. The first-order valence-electron chi connectivity index (χ1n) is 10.7. The fourth-order valence-electron chi connectivity index (χ4n) is 3.52. The number of rotatable bonds is 8. The fraction of sp³-hybridized carbons (Fsp3) is 0.200. The molecular formula is C25H23N3O5S. The summed E-state index contributed by atoms with van der Waals surface area (Å²) in [4.78, 5) is 37.5. The van der Waals surface area contributed by atoms with Crippen LogP contribution in [0.1, 0.15) is 24.0 Å². The van der Waals surface area contributed by atoms with Gasteiger partial charge in [0.25, 0.3) is 11.1 Å². The van der Waals surface area contributed by atoms with E-state index in [0.29, 0.717) is 22.9 Å². The minimum Gasteiger partial charge on any atom is -0.481 e. The van der Waals surface area contributed by atoms with Crippen molar-refractivity contribution in [3.63, 3.8) is 0 Å². The van der Waals surface area contributed by atoms with E-state index in [-0.39, 0.29) is 24.3 Å². The lowest BCUT2D eigenvalue weighted by molar-refractivity contribution is -0.137. The third-order valence-corrected chi connectivity index (χ3v) is 6.14. The molecule has 34 heavy (non-hydrogen) atoms. The fourth-order valence-corrected chi connectivity index (χ4v) is 4.36. The van der Waals surface area contributed by atoms with Crippen LogP contribution in [-0.4, -0.2) is 43.4 Å². The molecule has 0 unspecified atom stereocenters. The molecule has 3 aromatic rings. The van der Waals surface area contributed by atoms with E-state index in [9.17, 15) is 14.4 Å². The van der Waals surface area contributed by atoms with E-state index in [1.165, 1.54) is 0 Å². The van der Waals surface area contributed by atoms with Crippen molar-refractivity contribution in [1.29, 1.82) is 0 Å². The number of ether oxygens (including phenoxy) is 1. The smallest absolute Gasteiger partial charge is 0.303 e. The van der Waals surface area contributed by atoms with Crippen LogP contribution in [0.15, 0.2) is 59.5 Å². The molecule has 174 valence electrons. The molecule has 9 heteroatoms. The number of nitrogens with zero attached hydrogens (tertiary/aromatic N) is 3. The van der Waals surface area contributed by atoms with Gasteiger partial charge in [-0.15, -0.1) is 0 Å². The minimum atomic E-state index is -0.969. The van der Waals surface area contributed by atoms with Crippen LogP contribution in [0.3, 0.4) is 0 Å². The van der Waals surface area contributed by atoms with Gasteiger partial charge in [0.1, 0.15) is 11.4 Å². The first-order valence-corrected chi connectivity index (χ1v) is 11.5. The molecule has 1 aromatic heterocycles. The van der Waals surface area contributed by atoms with Crippen LogP contribution < -0.4 is 4.74 Å². The van der Waals surface area contributed by atoms with Gasteiger partial charge in [-0.05, 0) is 43.3 Å². The molecule has 2 heterocycles. The summed E-state index contributed by atoms with van der Waals surface area (Å²) >= 11 is 0.824. The molecule has 1 aliphatic heterocycles. The molecule has 1 N–H and O–H groups in total. The van der Waals surface area contributed by atoms with Crippen LogP contribution in [0.4, 0.5) is 4.79 Å². The predicted octanol–water partition coefficient (Wildman–Crippen LogP) is 5.09. The van der Waals surface area contributed by atoms with E-state index in [0.717, 1.165) is 27.8 Å². The van der Waals surface area contributed by atoms with Gasteiger partial charge in [-0.1, -0.05) is 48.0 Å². The van der Waals surface area contributed by atoms with Crippen molar-refractivity contribution >= 4 is 35.0 Å². The van der Waals surface area contributed by atoms with Crippen molar-refractivity contribution in [2.24, 2.45) is 7.05 Å². The first-order chi connectivity index (χ1) is 16.3. The van der Waals surface area contributed by atoms with Crippen molar-refractivity contribution in [3.05, 3.63) is 70.6 Å². The average Bonchev–Trinajstić information content (AvgIpc) is 3.26. The molecule has 0 atom stereocenters. The van der Waals surface area contributed by atoms with E-state index in [1.807, 2.05) is 61.5 Å². The molecule has 8 nitrogen and oxygen atoms in total. The van der Waals surface area contributed by atoms with Gasteiger partial charge in [0.05, 0.1) is 10.5 Å². The molecule has 4 rings (SSSR count). The maximum absolute atomic E-state index is 13.0. The second kappa shape index (κ2) is 9.96. The van der Waals surface area contributed by atoms with Crippen LogP contribution >= 0.6 is 11.8 Å². The van der Waals surface area contributed by atoms with Crippen LogP contribution in [0, 0.1) is 6.92 Å². The van der Waals surface area contributed by atoms with E-state index in [1.54, 1.807) is 17.8 Å². The molecule has 0 aliphatic carbocycles. The third kappa shape index (κ3) is 5.04. The Hall–Kier alpha value is -3.85. The number of thioether (sulfide) groups is 1. The topological polar surface area (TPSA) is 102 Å². The highest BCUT2D eigenvalue weighted by molar-refractivity contribution is 8.18. The second-order valence-electron chi connectivity index (χ2n) is 7.80. The summed E-state index contributed by atoms with van der Waals surface area (Å²) in [5.74, 6) is -0.377. The SMILES string of the molecule is Cc1ccc(Oc2c(/C=C3\SC(=O)N(CCCC(=O)O)C3=O)c(-c3ccccc3)nn2C)cc1. The van der Waals surface area contributed by atoms with Gasteiger partial charge in [0.2, 0.25) is 5.88 Å². The zero-order chi connectivity index (χ0) is 24.2. The highest BCUT2D eigenvalue weighted by Gasteiger charge is 2.35. The number of carboxylic acids is 1. The number of aromatic nitrogens is 2. The monoisotopic (exact) mass is 477 g/mol. The molecule has 0 bridgehead atoms. The van der Waals surface area contributed by atoms with Gasteiger partial charge in [-0.2, -0.15) is 5.10 Å². The Morgan fingerprint density at radius 2 is 1.82 bits per heavy atom. The Labute approximate surface area is 200 Å². The Morgan fingerprint density at radius 3 is 2.50 bits per heavy atom. The molecule has 1 saturated heterocycles. The summed E-state index contributed by atoms with van der Waals surface area (Å²) in [6.07, 6.45) is 1.71. The summed E-state index contributed by atoms with van der Waals surface area (Å²) in [7, 11) is 1.75. The summed E-state index contributed by atoms with van der Waals surface area (Å²) < 4.78 is 7.76. The molecule has 1 fully saturated rings. The van der Waals surface area contributed by atoms with Crippen LogP contribution in [0.2, 0.25) is 0 Å². The number of carbonyl (C=O) groups excluding carboxylic acids is 2. The summed E-state index contributed by atoms with van der Waals surface area (Å²) in [6.45, 7) is 2.04. The lowest BCUT2D eigenvalue weighted by Crippen LogP contribution is -2.29. The average molecular weight is 478 g/mol. The number of benzene rings is 2. The predicted molar refractivity (Wildman–Crippen MR) is 129 cm³/mol. The Morgan fingerprint density at radius 1 is 1.12 bits per heavy atom. The maximum atomic E-state index is 13.0. The third-order valence-electron chi connectivity index (χ3n) is 5.23. The van der Waals surface area contributed by atoms with Gasteiger partial charge in [-0.3, -0.25) is 19.3 Å². The quantitative estimate of drug-likeness (QED) is 0.451. The molecule has 2 amide bonds. The summed E-state index contributed by atoms with van der Waals surface area (Å²) in [5.41, 5.74) is 3.12. The van der Waals surface area contributed by atoms with E-state index >= 15 is 0 Å². The van der Waals surface area contributed by atoms with Crippen molar-refractivity contribution in [2.75, 3.05) is 6.54 Å². The normalized spacial score (nSPS) is 14.8. The van der Waals surface area contributed by atoms with Gasteiger partial charge < -0.3 is 9.84 Å². The lowest BCUT2D eigenvalue weighted by Gasteiger charge is -2.11. The number of aliphatic carboxylic acids is 1. The van der Waals surface area contributed by atoms with Crippen molar-refractivity contribution in [2.45, 2.75) is 19.8 Å². The Bertz CT molecular complexity index is 1270. The van der Waals surface area contributed by atoms with Crippen LogP contribution in [0.25, 0.3) is 17.3 Å². The van der Waals surface area contributed by atoms with Gasteiger partial charge in [-0.25, -0.2) is 4.68 Å². The van der Waals surface area contributed by atoms with E-state index in [4.69, 9.17) is 9.84 Å². The summed E-state index contributed by atoms with van der Waals surface area (Å²) in [5, 5.41) is 13.1. The minimum absolute atomic E-state index is 0.0552.